The lowest BCUT2D eigenvalue weighted by molar-refractivity contribution is -0.120. The van der Waals surface area contributed by atoms with Gasteiger partial charge in [-0.3, -0.25) is 9.59 Å². The van der Waals surface area contributed by atoms with E-state index in [1.807, 2.05) is 25.1 Å². The summed E-state index contributed by atoms with van der Waals surface area (Å²) in [4.78, 5) is 29.7. The maximum atomic E-state index is 12.6. The van der Waals surface area contributed by atoms with Crippen LogP contribution in [0.15, 0.2) is 41.4 Å². The molecular formula is C24H28N4O2S. The Labute approximate surface area is 187 Å². The second kappa shape index (κ2) is 11.0. The smallest absolute Gasteiger partial charge is 0.257 e. The quantitative estimate of drug-likeness (QED) is 0.614. The molecule has 1 aliphatic carbocycles. The molecule has 1 aromatic heterocycles. The summed E-state index contributed by atoms with van der Waals surface area (Å²) in [5.74, 6) is 0.194. The molecule has 1 atom stereocenters. The molecule has 0 bridgehead atoms. The first-order chi connectivity index (χ1) is 15.0. The van der Waals surface area contributed by atoms with E-state index in [9.17, 15) is 14.9 Å². The SMILES string of the molecule is Cc1nc(SC(C)C(=O)NCC2CCCCC2)c(C#N)cc1C(=O)Nc1ccccc1. The molecule has 1 unspecified atom stereocenters. The molecule has 1 fully saturated rings. The summed E-state index contributed by atoms with van der Waals surface area (Å²) in [7, 11) is 0. The summed E-state index contributed by atoms with van der Waals surface area (Å²) >= 11 is 1.25. The first-order valence-electron chi connectivity index (χ1n) is 10.7. The molecule has 1 heterocycles. The van der Waals surface area contributed by atoms with E-state index in [1.165, 1.54) is 43.9 Å². The standard InChI is InChI=1S/C24H28N4O2S/c1-16-21(23(30)28-20-11-7-4-8-12-20)13-19(14-25)24(27-16)31-17(2)22(29)26-15-18-9-5-3-6-10-18/h4,7-8,11-13,17-18H,3,5-6,9-10,15H2,1-2H3,(H,26,29)(H,28,30). The summed E-state index contributed by atoms with van der Waals surface area (Å²) in [5, 5.41) is 15.5. The van der Waals surface area contributed by atoms with Crippen molar-refractivity contribution in [1.82, 2.24) is 10.3 Å². The number of carbonyl (C=O) groups excluding carboxylic acids is 2. The zero-order valence-electron chi connectivity index (χ0n) is 18.0. The van der Waals surface area contributed by atoms with E-state index in [2.05, 4.69) is 21.7 Å². The monoisotopic (exact) mass is 436 g/mol. The van der Waals surface area contributed by atoms with E-state index in [-0.39, 0.29) is 17.1 Å². The number of nitrogens with zero attached hydrogens (tertiary/aromatic N) is 2. The highest BCUT2D eigenvalue weighted by Crippen LogP contribution is 2.28. The molecule has 1 aliphatic rings. The van der Waals surface area contributed by atoms with Gasteiger partial charge in [-0.2, -0.15) is 5.26 Å². The Morgan fingerprint density at radius 2 is 1.94 bits per heavy atom. The van der Waals surface area contributed by atoms with Gasteiger partial charge < -0.3 is 10.6 Å². The fourth-order valence-electron chi connectivity index (χ4n) is 3.70. The number of hydrogen-bond acceptors (Lipinski definition) is 5. The van der Waals surface area contributed by atoms with E-state index in [0.717, 1.165) is 0 Å². The number of thioether (sulfide) groups is 1. The van der Waals surface area contributed by atoms with Crippen LogP contribution in [-0.4, -0.2) is 28.6 Å². The summed E-state index contributed by atoms with van der Waals surface area (Å²) < 4.78 is 0. The molecule has 2 aromatic rings. The summed E-state index contributed by atoms with van der Waals surface area (Å²) in [6, 6.07) is 12.8. The maximum absolute atomic E-state index is 12.6. The Morgan fingerprint density at radius 3 is 2.61 bits per heavy atom. The van der Waals surface area contributed by atoms with Gasteiger partial charge in [-0.15, -0.1) is 0 Å². The number of rotatable bonds is 7. The van der Waals surface area contributed by atoms with Gasteiger partial charge in [-0.1, -0.05) is 49.2 Å². The number of anilines is 1. The molecular weight excluding hydrogens is 408 g/mol. The van der Waals surface area contributed by atoms with Crippen LogP contribution in [0, 0.1) is 24.2 Å². The molecule has 1 saturated carbocycles. The summed E-state index contributed by atoms with van der Waals surface area (Å²) in [5.41, 5.74) is 1.83. The first-order valence-corrected chi connectivity index (χ1v) is 11.6. The van der Waals surface area contributed by atoms with E-state index in [4.69, 9.17) is 0 Å². The predicted molar refractivity (Wildman–Crippen MR) is 123 cm³/mol. The minimum absolute atomic E-state index is 0.0511. The van der Waals surface area contributed by atoms with Crippen molar-refractivity contribution in [2.75, 3.05) is 11.9 Å². The van der Waals surface area contributed by atoms with Gasteiger partial charge in [0.05, 0.1) is 22.1 Å². The van der Waals surface area contributed by atoms with Gasteiger partial charge in [0.25, 0.3) is 5.91 Å². The van der Waals surface area contributed by atoms with E-state index >= 15 is 0 Å². The molecule has 1 aromatic carbocycles. The van der Waals surface area contributed by atoms with Gasteiger partial charge >= 0.3 is 0 Å². The predicted octanol–water partition coefficient (Wildman–Crippen LogP) is 4.69. The summed E-state index contributed by atoms with van der Waals surface area (Å²) in [6.07, 6.45) is 6.12. The number of nitriles is 1. The van der Waals surface area contributed by atoms with Gasteiger partial charge in [-0.25, -0.2) is 4.98 Å². The third kappa shape index (κ3) is 6.31. The second-order valence-electron chi connectivity index (χ2n) is 7.92. The minimum atomic E-state index is -0.383. The van der Waals surface area contributed by atoms with Crippen LogP contribution in [0.25, 0.3) is 0 Å². The Hall–Kier alpha value is -2.85. The molecule has 2 N–H and O–H groups in total. The van der Waals surface area contributed by atoms with E-state index in [1.54, 1.807) is 25.1 Å². The molecule has 2 amide bonds. The lowest BCUT2D eigenvalue weighted by Gasteiger charge is -2.22. The molecule has 7 heteroatoms. The number of para-hydroxylation sites is 1. The Bertz CT molecular complexity index is 966. The lowest BCUT2D eigenvalue weighted by Crippen LogP contribution is -2.35. The van der Waals surface area contributed by atoms with Crippen LogP contribution >= 0.6 is 11.8 Å². The van der Waals surface area contributed by atoms with Crippen LogP contribution in [0.4, 0.5) is 5.69 Å². The van der Waals surface area contributed by atoms with Gasteiger partial charge in [0, 0.05) is 12.2 Å². The molecule has 0 saturated heterocycles. The van der Waals surface area contributed by atoms with Gasteiger partial charge in [-0.05, 0) is 50.8 Å². The first kappa shape index (κ1) is 22.8. The highest BCUT2D eigenvalue weighted by Gasteiger charge is 2.22. The van der Waals surface area contributed by atoms with Crippen LogP contribution in [0.2, 0.25) is 0 Å². The topological polar surface area (TPSA) is 94.9 Å². The zero-order chi connectivity index (χ0) is 22.2. The molecule has 6 nitrogen and oxygen atoms in total. The molecule has 31 heavy (non-hydrogen) atoms. The fraction of sp³-hybridized carbons (Fsp3) is 0.417. The van der Waals surface area contributed by atoms with Crippen LogP contribution in [0.5, 0.6) is 0 Å². The van der Waals surface area contributed by atoms with Crippen molar-refractivity contribution >= 4 is 29.3 Å². The largest absolute Gasteiger partial charge is 0.355 e. The van der Waals surface area contributed by atoms with Crippen LogP contribution in [-0.2, 0) is 4.79 Å². The van der Waals surface area contributed by atoms with Crippen LogP contribution in [0.1, 0.15) is 60.6 Å². The Kier molecular flexibility index (Phi) is 8.07. The Morgan fingerprint density at radius 1 is 1.23 bits per heavy atom. The van der Waals surface area contributed by atoms with Gasteiger partial charge in [0.2, 0.25) is 5.91 Å². The highest BCUT2D eigenvalue weighted by atomic mass is 32.2. The van der Waals surface area contributed by atoms with Crippen molar-refractivity contribution in [3.05, 3.63) is 53.2 Å². The number of carbonyl (C=O) groups is 2. The van der Waals surface area contributed by atoms with Crippen molar-refractivity contribution in [2.24, 2.45) is 5.92 Å². The summed E-state index contributed by atoms with van der Waals surface area (Å²) in [6.45, 7) is 4.26. The minimum Gasteiger partial charge on any atom is -0.355 e. The van der Waals surface area contributed by atoms with Crippen LogP contribution < -0.4 is 10.6 Å². The number of nitrogens with one attached hydrogen (secondary N) is 2. The van der Waals surface area contributed by atoms with Crippen LogP contribution in [0.3, 0.4) is 0 Å². The van der Waals surface area contributed by atoms with Gasteiger partial charge in [0.1, 0.15) is 11.1 Å². The molecule has 0 spiro atoms. The number of hydrogen-bond donors (Lipinski definition) is 2. The number of pyridine rings is 1. The van der Waals surface area contributed by atoms with Gasteiger partial charge in [0.15, 0.2) is 0 Å². The van der Waals surface area contributed by atoms with Crippen molar-refractivity contribution in [2.45, 2.75) is 56.2 Å². The van der Waals surface area contributed by atoms with Crippen molar-refractivity contribution in [1.29, 1.82) is 5.26 Å². The average Bonchev–Trinajstić information content (AvgIpc) is 2.78. The van der Waals surface area contributed by atoms with Crippen molar-refractivity contribution in [3.8, 4) is 6.07 Å². The molecule has 3 rings (SSSR count). The fourth-order valence-corrected chi connectivity index (χ4v) is 4.65. The third-order valence-corrected chi connectivity index (χ3v) is 6.62. The number of amides is 2. The number of aromatic nitrogens is 1. The highest BCUT2D eigenvalue weighted by molar-refractivity contribution is 8.00. The zero-order valence-corrected chi connectivity index (χ0v) is 18.8. The molecule has 162 valence electrons. The number of benzene rings is 1. The molecule has 0 aliphatic heterocycles. The Balaban J connectivity index is 1.65. The van der Waals surface area contributed by atoms with E-state index < -0.39 is 0 Å². The molecule has 0 radical (unpaired) electrons. The maximum Gasteiger partial charge on any atom is 0.257 e. The van der Waals surface area contributed by atoms with E-state index in [0.29, 0.717) is 40.0 Å². The average molecular weight is 437 g/mol. The lowest BCUT2D eigenvalue weighted by atomic mass is 9.89. The van der Waals surface area contributed by atoms with Crippen molar-refractivity contribution < 1.29 is 9.59 Å². The van der Waals surface area contributed by atoms with Crippen molar-refractivity contribution in [3.63, 3.8) is 0 Å². The number of aryl methyl sites for hydroxylation is 1. The normalized spacial score (nSPS) is 15.0. The second-order valence-corrected chi connectivity index (χ2v) is 9.24. The third-order valence-electron chi connectivity index (χ3n) is 5.52.